The summed E-state index contributed by atoms with van der Waals surface area (Å²) in [5, 5.41) is 0. The van der Waals surface area contributed by atoms with E-state index in [9.17, 15) is 4.79 Å². The molecule has 0 aliphatic heterocycles. The van der Waals surface area contributed by atoms with Crippen molar-refractivity contribution >= 4 is 5.97 Å². The van der Waals surface area contributed by atoms with Crippen LogP contribution < -0.4 is 0 Å². The highest BCUT2D eigenvalue weighted by Crippen LogP contribution is 2.20. The van der Waals surface area contributed by atoms with Gasteiger partial charge in [-0.1, -0.05) is 103 Å². The Balaban J connectivity index is 3.64. The number of carbonyl (C=O) groups is 1. The first-order valence-corrected chi connectivity index (χ1v) is 12.6. The molecule has 0 spiro atoms. The van der Waals surface area contributed by atoms with Gasteiger partial charge in [0, 0.05) is 0 Å². The van der Waals surface area contributed by atoms with E-state index in [1.807, 2.05) is 6.92 Å². The minimum atomic E-state index is 0.0385. The van der Waals surface area contributed by atoms with Gasteiger partial charge in [-0.2, -0.15) is 0 Å². The molecule has 0 N–H and O–H groups in total. The van der Waals surface area contributed by atoms with Gasteiger partial charge in [0.1, 0.15) is 0 Å². The monoisotopic (exact) mass is 394 g/mol. The Bertz CT molecular complexity index is 348. The molecule has 0 radical (unpaired) electrons. The van der Waals surface area contributed by atoms with Gasteiger partial charge in [0.25, 0.3) is 0 Å². The molecule has 0 aromatic heterocycles. The molecule has 0 saturated heterocycles. The van der Waals surface area contributed by atoms with Gasteiger partial charge in [-0.15, -0.1) is 0 Å². The summed E-state index contributed by atoms with van der Waals surface area (Å²) < 4.78 is 5.28. The fourth-order valence-electron chi connectivity index (χ4n) is 3.74. The van der Waals surface area contributed by atoms with Crippen molar-refractivity contribution in [2.24, 2.45) is 5.92 Å². The Morgan fingerprint density at radius 3 is 1.57 bits per heavy atom. The van der Waals surface area contributed by atoms with Gasteiger partial charge in [-0.25, -0.2) is 0 Å². The van der Waals surface area contributed by atoms with Crippen LogP contribution >= 0.6 is 0 Å². The van der Waals surface area contributed by atoms with Gasteiger partial charge >= 0.3 is 5.97 Å². The molecule has 28 heavy (non-hydrogen) atoms. The summed E-state index contributed by atoms with van der Waals surface area (Å²) in [5.41, 5.74) is 0. The Labute approximate surface area is 176 Å². The van der Waals surface area contributed by atoms with E-state index in [0.29, 0.717) is 6.61 Å². The predicted molar refractivity (Wildman–Crippen MR) is 124 cm³/mol. The van der Waals surface area contributed by atoms with Crippen molar-refractivity contribution in [3.8, 4) is 0 Å². The Kier molecular flexibility index (Phi) is 21.9. The maximum absolute atomic E-state index is 12.1. The lowest BCUT2D eigenvalue weighted by Gasteiger charge is -2.15. The molecule has 0 fully saturated rings. The highest BCUT2D eigenvalue weighted by atomic mass is 16.5. The number of esters is 1. The topological polar surface area (TPSA) is 26.3 Å². The lowest BCUT2D eigenvalue weighted by Crippen LogP contribution is -2.18. The summed E-state index contributed by atoms with van der Waals surface area (Å²) >= 11 is 0. The van der Waals surface area contributed by atoms with Crippen molar-refractivity contribution in [2.45, 2.75) is 136 Å². The molecule has 0 bridgehead atoms. The normalized spacial score (nSPS) is 12.5. The zero-order valence-electron chi connectivity index (χ0n) is 19.5. The summed E-state index contributed by atoms with van der Waals surface area (Å²) in [5.74, 6) is 0.172. The third kappa shape index (κ3) is 18.6. The molecular weight excluding hydrogens is 344 g/mol. The lowest BCUT2D eigenvalue weighted by atomic mass is 9.94. The van der Waals surface area contributed by atoms with Crippen LogP contribution in [0.5, 0.6) is 0 Å². The first kappa shape index (κ1) is 27.2. The molecule has 0 aliphatic rings. The van der Waals surface area contributed by atoms with Gasteiger partial charge in [0.2, 0.25) is 0 Å². The predicted octanol–water partition coefficient (Wildman–Crippen LogP) is 8.78. The van der Waals surface area contributed by atoms with Gasteiger partial charge < -0.3 is 4.74 Å². The number of ether oxygens (including phenoxy) is 1. The number of carbonyl (C=O) groups excluding carboxylic acids is 1. The van der Waals surface area contributed by atoms with E-state index in [1.54, 1.807) is 0 Å². The summed E-state index contributed by atoms with van der Waals surface area (Å²) in [7, 11) is 0. The number of rotatable bonds is 21. The Hall–Kier alpha value is -0.790. The zero-order valence-corrected chi connectivity index (χ0v) is 19.5. The standard InChI is InChI=1S/C26H50O2/c1-4-7-9-11-12-13-14-15-16-17-18-19-20-22-24-25(26(27)28-6-3)23-21-10-8-5-2/h15-16,25H,4-14,17-24H2,1-3H3. The first-order chi connectivity index (χ1) is 13.8. The van der Waals surface area contributed by atoms with E-state index < -0.39 is 0 Å². The second-order valence-electron chi connectivity index (χ2n) is 8.32. The zero-order chi connectivity index (χ0) is 20.7. The highest BCUT2D eigenvalue weighted by Gasteiger charge is 2.18. The summed E-state index contributed by atoms with van der Waals surface area (Å²) in [6, 6.07) is 0. The third-order valence-corrected chi connectivity index (χ3v) is 5.59. The van der Waals surface area contributed by atoms with Crippen LogP contribution in [-0.2, 0) is 9.53 Å². The summed E-state index contributed by atoms with van der Waals surface area (Å²) in [6.07, 6.45) is 27.5. The summed E-state index contributed by atoms with van der Waals surface area (Å²) in [4.78, 5) is 12.1. The molecule has 0 heterocycles. The van der Waals surface area contributed by atoms with Gasteiger partial charge in [-0.3, -0.25) is 4.79 Å². The first-order valence-electron chi connectivity index (χ1n) is 12.6. The largest absolute Gasteiger partial charge is 0.466 e. The fourth-order valence-corrected chi connectivity index (χ4v) is 3.74. The maximum atomic E-state index is 12.1. The molecule has 0 amide bonds. The number of hydrogen-bond acceptors (Lipinski definition) is 2. The van der Waals surface area contributed by atoms with E-state index in [1.165, 1.54) is 103 Å². The van der Waals surface area contributed by atoms with E-state index in [-0.39, 0.29) is 11.9 Å². The fraction of sp³-hybridized carbons (Fsp3) is 0.885. The van der Waals surface area contributed by atoms with Crippen LogP contribution in [-0.4, -0.2) is 12.6 Å². The smallest absolute Gasteiger partial charge is 0.308 e. The van der Waals surface area contributed by atoms with Crippen molar-refractivity contribution in [1.29, 1.82) is 0 Å². The van der Waals surface area contributed by atoms with Crippen molar-refractivity contribution in [1.82, 2.24) is 0 Å². The van der Waals surface area contributed by atoms with Crippen LogP contribution in [0.2, 0.25) is 0 Å². The second kappa shape index (κ2) is 22.5. The van der Waals surface area contributed by atoms with Gasteiger partial charge in [-0.05, 0) is 45.4 Å². The average Bonchev–Trinajstić information content (AvgIpc) is 2.70. The van der Waals surface area contributed by atoms with Crippen LogP contribution in [0.1, 0.15) is 136 Å². The molecule has 0 aliphatic carbocycles. The van der Waals surface area contributed by atoms with E-state index in [4.69, 9.17) is 4.74 Å². The van der Waals surface area contributed by atoms with Crippen LogP contribution in [0.25, 0.3) is 0 Å². The van der Waals surface area contributed by atoms with Gasteiger partial charge in [0.15, 0.2) is 0 Å². The summed E-state index contributed by atoms with van der Waals surface area (Å²) in [6.45, 7) is 6.92. The van der Waals surface area contributed by atoms with Crippen LogP contribution in [0.15, 0.2) is 12.2 Å². The van der Waals surface area contributed by atoms with E-state index >= 15 is 0 Å². The minimum absolute atomic E-state index is 0.0385. The quantitative estimate of drug-likeness (QED) is 0.110. The van der Waals surface area contributed by atoms with Crippen LogP contribution in [0, 0.1) is 5.92 Å². The third-order valence-electron chi connectivity index (χ3n) is 5.59. The molecular formula is C26H50O2. The van der Waals surface area contributed by atoms with Crippen molar-refractivity contribution in [3.63, 3.8) is 0 Å². The Morgan fingerprint density at radius 1 is 0.643 bits per heavy atom. The lowest BCUT2D eigenvalue weighted by molar-refractivity contribution is -0.148. The van der Waals surface area contributed by atoms with E-state index in [2.05, 4.69) is 26.0 Å². The van der Waals surface area contributed by atoms with Crippen molar-refractivity contribution < 1.29 is 9.53 Å². The SMILES string of the molecule is CCCCCCCCC=CCCCCCCC(CCCCCC)C(=O)OCC. The average molecular weight is 395 g/mol. The molecule has 0 rings (SSSR count). The van der Waals surface area contributed by atoms with Gasteiger partial charge in [0.05, 0.1) is 12.5 Å². The molecule has 1 unspecified atom stereocenters. The van der Waals surface area contributed by atoms with Crippen molar-refractivity contribution in [2.75, 3.05) is 6.61 Å². The Morgan fingerprint density at radius 2 is 1.07 bits per heavy atom. The molecule has 166 valence electrons. The molecule has 0 aromatic rings. The van der Waals surface area contributed by atoms with Crippen LogP contribution in [0.4, 0.5) is 0 Å². The number of hydrogen-bond donors (Lipinski definition) is 0. The maximum Gasteiger partial charge on any atom is 0.308 e. The number of allylic oxidation sites excluding steroid dienone is 2. The molecule has 0 saturated carbocycles. The minimum Gasteiger partial charge on any atom is -0.466 e. The molecule has 1 atom stereocenters. The molecule has 0 aromatic carbocycles. The van der Waals surface area contributed by atoms with Crippen molar-refractivity contribution in [3.05, 3.63) is 12.2 Å². The van der Waals surface area contributed by atoms with E-state index in [0.717, 1.165) is 12.8 Å². The highest BCUT2D eigenvalue weighted by molar-refractivity contribution is 5.72. The molecule has 2 heteroatoms. The molecule has 2 nitrogen and oxygen atoms in total. The second-order valence-corrected chi connectivity index (χ2v) is 8.32. The number of unbranched alkanes of at least 4 members (excludes halogenated alkanes) is 13. The van der Waals surface area contributed by atoms with Crippen LogP contribution in [0.3, 0.4) is 0 Å².